The Kier molecular flexibility index (Phi) is 4.22. The second kappa shape index (κ2) is 6.08. The molecule has 0 saturated heterocycles. The van der Waals surface area contributed by atoms with Crippen molar-refractivity contribution in [3.05, 3.63) is 42.2 Å². The average molecular weight is 259 g/mol. The van der Waals surface area contributed by atoms with Gasteiger partial charge in [-0.1, -0.05) is 6.07 Å². The maximum Gasteiger partial charge on any atom is 0.222 e. The van der Waals surface area contributed by atoms with Crippen LogP contribution in [-0.2, 0) is 11.3 Å². The van der Waals surface area contributed by atoms with Crippen LogP contribution < -0.4 is 5.32 Å². The van der Waals surface area contributed by atoms with Crippen molar-refractivity contribution >= 4 is 5.91 Å². The molecule has 0 aliphatic carbocycles. The summed E-state index contributed by atoms with van der Waals surface area (Å²) >= 11 is 0. The molecule has 0 unspecified atom stereocenters. The summed E-state index contributed by atoms with van der Waals surface area (Å²) in [5, 5.41) is 10.3. The molecule has 1 atom stereocenters. The third kappa shape index (κ3) is 3.61. The second-order valence-corrected chi connectivity index (χ2v) is 4.44. The minimum atomic E-state index is -0.0883. The van der Waals surface area contributed by atoms with Gasteiger partial charge in [0.15, 0.2) is 0 Å². The van der Waals surface area contributed by atoms with Crippen LogP contribution in [0.2, 0.25) is 0 Å². The molecule has 0 radical (unpaired) electrons. The second-order valence-electron chi connectivity index (χ2n) is 4.44. The van der Waals surface area contributed by atoms with Crippen LogP contribution in [0.4, 0.5) is 0 Å². The van der Waals surface area contributed by atoms with Gasteiger partial charge in [-0.15, -0.1) is 10.2 Å². The van der Waals surface area contributed by atoms with Crippen LogP contribution >= 0.6 is 0 Å². The van der Waals surface area contributed by atoms with Crippen molar-refractivity contribution < 1.29 is 4.79 Å². The maximum atomic E-state index is 11.8. The lowest BCUT2D eigenvalue weighted by molar-refractivity contribution is -0.122. The molecule has 19 heavy (non-hydrogen) atoms. The third-order valence-corrected chi connectivity index (χ3v) is 2.90. The molecule has 0 aliphatic heterocycles. The summed E-state index contributed by atoms with van der Waals surface area (Å²) in [6.07, 6.45) is 5.33. The van der Waals surface area contributed by atoms with Crippen molar-refractivity contribution in [2.75, 3.05) is 0 Å². The van der Waals surface area contributed by atoms with Gasteiger partial charge < -0.3 is 9.88 Å². The molecule has 2 heterocycles. The van der Waals surface area contributed by atoms with Gasteiger partial charge in [0.2, 0.25) is 5.91 Å². The highest BCUT2D eigenvalue weighted by molar-refractivity contribution is 5.76. The molecule has 0 fully saturated rings. The lowest BCUT2D eigenvalue weighted by atomic mass is 10.1. The number of nitrogens with zero attached hydrogens (tertiary/aromatic N) is 4. The number of carbonyl (C=O) groups excluding carboxylic acids is 1. The van der Waals surface area contributed by atoms with Crippen molar-refractivity contribution in [3.8, 4) is 0 Å². The number of rotatable bonds is 5. The maximum absolute atomic E-state index is 11.8. The highest BCUT2D eigenvalue weighted by Gasteiger charge is 2.12. The largest absolute Gasteiger partial charge is 0.348 e. The lowest BCUT2D eigenvalue weighted by Crippen LogP contribution is -2.28. The predicted octanol–water partition coefficient (Wildman–Crippen LogP) is 1.25. The van der Waals surface area contributed by atoms with Gasteiger partial charge in [-0.3, -0.25) is 9.78 Å². The van der Waals surface area contributed by atoms with E-state index in [0.29, 0.717) is 13.0 Å². The number of nitrogens with one attached hydrogen (secondary N) is 1. The van der Waals surface area contributed by atoms with Gasteiger partial charge in [-0.2, -0.15) is 0 Å². The zero-order valence-corrected chi connectivity index (χ0v) is 11.1. The third-order valence-electron chi connectivity index (χ3n) is 2.90. The van der Waals surface area contributed by atoms with E-state index in [9.17, 15) is 4.79 Å². The first-order valence-electron chi connectivity index (χ1n) is 6.20. The molecule has 2 rings (SSSR count). The van der Waals surface area contributed by atoms with E-state index < -0.39 is 0 Å². The van der Waals surface area contributed by atoms with Crippen LogP contribution in [0, 0.1) is 6.92 Å². The Morgan fingerprint density at radius 2 is 2.16 bits per heavy atom. The first kappa shape index (κ1) is 13.2. The van der Waals surface area contributed by atoms with Crippen LogP contribution in [0.3, 0.4) is 0 Å². The molecule has 2 aromatic rings. The Morgan fingerprint density at radius 1 is 1.42 bits per heavy atom. The van der Waals surface area contributed by atoms with E-state index in [-0.39, 0.29) is 11.9 Å². The van der Waals surface area contributed by atoms with E-state index in [1.807, 2.05) is 26.0 Å². The molecule has 1 N–H and O–H groups in total. The SMILES string of the molecule is Cc1cccnc1[C@H](C)NC(=O)CCn1cnnc1. The Bertz CT molecular complexity index is 538. The zero-order chi connectivity index (χ0) is 13.7. The molecule has 0 saturated carbocycles. The van der Waals surface area contributed by atoms with Crippen LogP contribution in [0.25, 0.3) is 0 Å². The minimum absolute atomic E-state index is 0.00810. The van der Waals surface area contributed by atoms with E-state index in [0.717, 1.165) is 11.3 Å². The van der Waals surface area contributed by atoms with Gasteiger partial charge in [0, 0.05) is 19.2 Å². The van der Waals surface area contributed by atoms with E-state index in [1.54, 1.807) is 23.4 Å². The van der Waals surface area contributed by atoms with E-state index in [2.05, 4.69) is 20.5 Å². The highest BCUT2D eigenvalue weighted by atomic mass is 16.1. The summed E-state index contributed by atoms with van der Waals surface area (Å²) in [6, 6.07) is 3.79. The number of pyridine rings is 1. The Morgan fingerprint density at radius 3 is 2.84 bits per heavy atom. The lowest BCUT2D eigenvalue weighted by Gasteiger charge is -2.15. The van der Waals surface area contributed by atoms with E-state index in [1.165, 1.54) is 0 Å². The zero-order valence-electron chi connectivity index (χ0n) is 11.1. The molecule has 2 aromatic heterocycles. The van der Waals surface area contributed by atoms with Crippen LogP contribution in [-0.4, -0.2) is 25.7 Å². The summed E-state index contributed by atoms with van der Waals surface area (Å²) in [4.78, 5) is 16.1. The molecule has 1 amide bonds. The van der Waals surface area contributed by atoms with Crippen LogP contribution in [0.15, 0.2) is 31.0 Å². The first-order valence-corrected chi connectivity index (χ1v) is 6.20. The van der Waals surface area contributed by atoms with E-state index in [4.69, 9.17) is 0 Å². The van der Waals surface area contributed by atoms with Gasteiger partial charge in [-0.05, 0) is 25.5 Å². The fourth-order valence-electron chi connectivity index (χ4n) is 1.90. The monoisotopic (exact) mass is 259 g/mol. The topological polar surface area (TPSA) is 72.7 Å². The Labute approximate surface area is 111 Å². The molecule has 6 nitrogen and oxygen atoms in total. The molecule has 0 aliphatic rings. The molecule has 0 spiro atoms. The van der Waals surface area contributed by atoms with Crippen molar-refractivity contribution in [1.29, 1.82) is 0 Å². The predicted molar refractivity (Wildman–Crippen MR) is 70.2 cm³/mol. The minimum Gasteiger partial charge on any atom is -0.348 e. The van der Waals surface area contributed by atoms with Gasteiger partial charge in [-0.25, -0.2) is 0 Å². The molecule has 0 aromatic carbocycles. The normalized spacial score (nSPS) is 12.1. The number of carbonyl (C=O) groups is 1. The van der Waals surface area contributed by atoms with Crippen molar-refractivity contribution in [3.63, 3.8) is 0 Å². The quantitative estimate of drug-likeness (QED) is 0.877. The molecular formula is C13H17N5O. The number of hydrogen-bond donors (Lipinski definition) is 1. The van der Waals surface area contributed by atoms with Crippen molar-refractivity contribution in [1.82, 2.24) is 25.1 Å². The fourth-order valence-corrected chi connectivity index (χ4v) is 1.90. The van der Waals surface area contributed by atoms with E-state index >= 15 is 0 Å². The van der Waals surface area contributed by atoms with Gasteiger partial charge in [0.1, 0.15) is 12.7 Å². The van der Waals surface area contributed by atoms with Crippen molar-refractivity contribution in [2.45, 2.75) is 32.9 Å². The summed E-state index contributed by atoms with van der Waals surface area (Å²) in [7, 11) is 0. The van der Waals surface area contributed by atoms with Crippen LogP contribution in [0.1, 0.15) is 30.6 Å². The summed E-state index contributed by atoms with van der Waals surface area (Å²) in [5.41, 5.74) is 1.98. The smallest absolute Gasteiger partial charge is 0.222 e. The number of aryl methyl sites for hydroxylation is 2. The Balaban J connectivity index is 1.87. The molecular weight excluding hydrogens is 242 g/mol. The standard InChI is InChI=1S/C13H17N5O/c1-10-4-3-6-14-13(10)11(2)17-12(19)5-7-18-8-15-16-9-18/h3-4,6,8-9,11H,5,7H2,1-2H3,(H,17,19)/t11-/m0/s1. The number of amides is 1. The fraction of sp³-hybridized carbons (Fsp3) is 0.385. The summed E-state index contributed by atoms with van der Waals surface area (Å²) in [5.74, 6) is -0.00810. The molecule has 6 heteroatoms. The summed E-state index contributed by atoms with van der Waals surface area (Å²) < 4.78 is 1.77. The van der Waals surface area contributed by atoms with Crippen LogP contribution in [0.5, 0.6) is 0 Å². The molecule has 0 bridgehead atoms. The number of aromatic nitrogens is 4. The Hall–Kier alpha value is -2.24. The number of hydrogen-bond acceptors (Lipinski definition) is 4. The highest BCUT2D eigenvalue weighted by Crippen LogP contribution is 2.13. The molecule has 100 valence electrons. The summed E-state index contributed by atoms with van der Waals surface area (Å²) in [6.45, 7) is 4.50. The first-order chi connectivity index (χ1) is 9.16. The average Bonchev–Trinajstić information content (AvgIpc) is 2.90. The van der Waals surface area contributed by atoms with Crippen molar-refractivity contribution in [2.24, 2.45) is 0 Å². The van der Waals surface area contributed by atoms with Gasteiger partial charge in [0.05, 0.1) is 11.7 Å². The van der Waals surface area contributed by atoms with Gasteiger partial charge in [0.25, 0.3) is 0 Å². The van der Waals surface area contributed by atoms with Gasteiger partial charge >= 0.3 is 0 Å².